The molecular formula is C10H20N2. The van der Waals surface area contributed by atoms with Crippen molar-refractivity contribution in [2.45, 2.75) is 51.7 Å². The van der Waals surface area contributed by atoms with Crippen molar-refractivity contribution in [3.05, 3.63) is 0 Å². The van der Waals surface area contributed by atoms with E-state index >= 15 is 0 Å². The molecule has 1 aliphatic carbocycles. The van der Waals surface area contributed by atoms with Gasteiger partial charge in [0.05, 0.1) is 6.17 Å². The SMILES string of the molecule is CC1C(C)(C)C12CCCC(N)N2. The maximum Gasteiger partial charge on any atom is 0.0550 e. The Kier molecular flexibility index (Phi) is 1.59. The minimum Gasteiger partial charge on any atom is -0.316 e. The Bertz CT molecular complexity index is 200. The van der Waals surface area contributed by atoms with Crippen molar-refractivity contribution >= 4 is 0 Å². The predicted molar refractivity (Wildman–Crippen MR) is 50.6 cm³/mol. The lowest BCUT2D eigenvalue weighted by atomic mass is 9.94. The molecule has 12 heavy (non-hydrogen) atoms. The smallest absolute Gasteiger partial charge is 0.0550 e. The molecule has 0 aromatic rings. The van der Waals surface area contributed by atoms with Gasteiger partial charge in [-0.1, -0.05) is 20.8 Å². The summed E-state index contributed by atoms with van der Waals surface area (Å²) in [5.74, 6) is 0.788. The number of hydrogen-bond donors (Lipinski definition) is 2. The van der Waals surface area contributed by atoms with Crippen LogP contribution in [0.5, 0.6) is 0 Å². The third-order valence-corrected chi connectivity index (χ3v) is 4.42. The summed E-state index contributed by atoms with van der Waals surface area (Å²) in [6.45, 7) is 7.04. The van der Waals surface area contributed by atoms with Crippen LogP contribution in [0.4, 0.5) is 0 Å². The Labute approximate surface area is 74.9 Å². The van der Waals surface area contributed by atoms with Crippen LogP contribution in [-0.2, 0) is 0 Å². The van der Waals surface area contributed by atoms with Crippen molar-refractivity contribution in [2.75, 3.05) is 0 Å². The minimum atomic E-state index is 0.239. The van der Waals surface area contributed by atoms with E-state index in [0.29, 0.717) is 11.0 Å². The average molecular weight is 168 g/mol. The fourth-order valence-corrected chi connectivity index (χ4v) is 3.05. The van der Waals surface area contributed by atoms with Crippen LogP contribution in [0.2, 0.25) is 0 Å². The van der Waals surface area contributed by atoms with Crippen LogP contribution in [0.1, 0.15) is 40.0 Å². The summed E-state index contributed by atoms with van der Waals surface area (Å²) in [6.07, 6.45) is 3.99. The van der Waals surface area contributed by atoms with Gasteiger partial charge in [-0.2, -0.15) is 0 Å². The standard InChI is InChI=1S/C10H20N2/c1-7-9(2,3)10(7)6-4-5-8(11)12-10/h7-8,12H,4-6,11H2,1-3H3. The first kappa shape index (κ1) is 8.52. The normalized spacial score (nSPS) is 51.0. The maximum absolute atomic E-state index is 5.92. The number of nitrogens with two attached hydrogens (primary N) is 1. The zero-order valence-electron chi connectivity index (χ0n) is 8.35. The Balaban J connectivity index is 2.14. The van der Waals surface area contributed by atoms with E-state index in [9.17, 15) is 0 Å². The molecule has 1 aliphatic heterocycles. The first-order valence-electron chi connectivity index (χ1n) is 5.04. The molecule has 1 saturated carbocycles. The van der Waals surface area contributed by atoms with Crippen molar-refractivity contribution < 1.29 is 0 Å². The molecule has 1 spiro atoms. The molecule has 0 radical (unpaired) electrons. The monoisotopic (exact) mass is 168 g/mol. The van der Waals surface area contributed by atoms with Gasteiger partial charge in [0, 0.05) is 5.54 Å². The summed E-state index contributed by atoms with van der Waals surface area (Å²) in [5, 5.41) is 3.58. The van der Waals surface area contributed by atoms with Gasteiger partial charge in [0.2, 0.25) is 0 Å². The fraction of sp³-hybridized carbons (Fsp3) is 1.00. The molecule has 70 valence electrons. The van der Waals surface area contributed by atoms with Crippen LogP contribution >= 0.6 is 0 Å². The van der Waals surface area contributed by atoms with E-state index in [4.69, 9.17) is 5.73 Å². The van der Waals surface area contributed by atoms with Crippen LogP contribution in [-0.4, -0.2) is 11.7 Å². The Morgan fingerprint density at radius 2 is 2.00 bits per heavy atom. The average Bonchev–Trinajstić information content (AvgIpc) is 2.36. The molecule has 3 N–H and O–H groups in total. The molecule has 2 rings (SSSR count). The molecule has 2 fully saturated rings. The lowest BCUT2D eigenvalue weighted by Gasteiger charge is -2.32. The molecule has 2 aliphatic rings. The predicted octanol–water partition coefficient (Wildman–Crippen LogP) is 1.46. The van der Waals surface area contributed by atoms with Gasteiger partial charge in [-0.25, -0.2) is 0 Å². The zero-order chi connectivity index (χ0) is 8.98. The molecule has 0 aromatic heterocycles. The van der Waals surface area contributed by atoms with Gasteiger partial charge >= 0.3 is 0 Å². The van der Waals surface area contributed by atoms with Gasteiger partial charge < -0.3 is 5.73 Å². The second-order valence-electron chi connectivity index (χ2n) is 5.06. The highest BCUT2D eigenvalue weighted by molar-refractivity contribution is 5.23. The zero-order valence-corrected chi connectivity index (χ0v) is 8.35. The highest BCUT2D eigenvalue weighted by atomic mass is 15.2. The van der Waals surface area contributed by atoms with E-state index in [2.05, 4.69) is 26.1 Å². The molecule has 0 aromatic carbocycles. The molecule has 2 nitrogen and oxygen atoms in total. The quantitative estimate of drug-likeness (QED) is 0.574. The van der Waals surface area contributed by atoms with Crippen molar-refractivity contribution in [3.63, 3.8) is 0 Å². The number of piperidine rings is 1. The van der Waals surface area contributed by atoms with Gasteiger partial charge in [0.25, 0.3) is 0 Å². The van der Waals surface area contributed by atoms with Crippen LogP contribution in [0.25, 0.3) is 0 Å². The first-order valence-corrected chi connectivity index (χ1v) is 5.04. The topological polar surface area (TPSA) is 38.0 Å². The summed E-state index contributed by atoms with van der Waals surface area (Å²) in [4.78, 5) is 0. The van der Waals surface area contributed by atoms with Crippen LogP contribution < -0.4 is 11.1 Å². The van der Waals surface area contributed by atoms with Gasteiger partial charge in [0.15, 0.2) is 0 Å². The van der Waals surface area contributed by atoms with E-state index in [1.54, 1.807) is 0 Å². The Morgan fingerprint density at radius 1 is 1.42 bits per heavy atom. The molecule has 0 amide bonds. The first-order chi connectivity index (χ1) is 5.51. The van der Waals surface area contributed by atoms with Gasteiger partial charge in [-0.05, 0) is 30.6 Å². The van der Waals surface area contributed by atoms with E-state index in [1.165, 1.54) is 12.8 Å². The molecule has 0 bridgehead atoms. The fourth-order valence-electron chi connectivity index (χ4n) is 3.05. The van der Waals surface area contributed by atoms with E-state index in [0.717, 1.165) is 12.3 Å². The van der Waals surface area contributed by atoms with Gasteiger partial charge in [0.1, 0.15) is 0 Å². The van der Waals surface area contributed by atoms with Crippen molar-refractivity contribution in [1.29, 1.82) is 0 Å². The summed E-state index contributed by atoms with van der Waals surface area (Å²) >= 11 is 0. The molecule has 1 saturated heterocycles. The maximum atomic E-state index is 5.92. The van der Waals surface area contributed by atoms with E-state index < -0.39 is 0 Å². The van der Waals surface area contributed by atoms with Crippen molar-refractivity contribution in [1.82, 2.24) is 5.32 Å². The summed E-state index contributed by atoms with van der Waals surface area (Å²) in [7, 11) is 0. The van der Waals surface area contributed by atoms with Crippen LogP contribution in [0, 0.1) is 11.3 Å². The van der Waals surface area contributed by atoms with E-state index in [1.807, 2.05) is 0 Å². The lowest BCUT2D eigenvalue weighted by Crippen LogP contribution is -2.51. The van der Waals surface area contributed by atoms with Crippen molar-refractivity contribution in [3.8, 4) is 0 Å². The summed E-state index contributed by atoms with van der Waals surface area (Å²) < 4.78 is 0. The van der Waals surface area contributed by atoms with Crippen molar-refractivity contribution in [2.24, 2.45) is 17.1 Å². The second-order valence-corrected chi connectivity index (χ2v) is 5.06. The molecule has 2 heteroatoms. The van der Waals surface area contributed by atoms with Crippen LogP contribution in [0.3, 0.4) is 0 Å². The molecular weight excluding hydrogens is 148 g/mol. The highest BCUT2D eigenvalue weighted by Crippen LogP contribution is 2.64. The number of rotatable bonds is 0. The third kappa shape index (κ3) is 0.826. The Morgan fingerprint density at radius 3 is 2.33 bits per heavy atom. The Hall–Kier alpha value is -0.0800. The number of hydrogen-bond acceptors (Lipinski definition) is 2. The molecule has 3 unspecified atom stereocenters. The summed E-state index contributed by atoms with van der Waals surface area (Å²) in [5.41, 5.74) is 6.77. The van der Waals surface area contributed by atoms with Crippen LogP contribution in [0.15, 0.2) is 0 Å². The lowest BCUT2D eigenvalue weighted by molar-refractivity contribution is 0.261. The molecule has 3 atom stereocenters. The minimum absolute atomic E-state index is 0.239. The van der Waals surface area contributed by atoms with Gasteiger partial charge in [-0.15, -0.1) is 0 Å². The third-order valence-electron chi connectivity index (χ3n) is 4.42. The number of nitrogens with one attached hydrogen (secondary N) is 1. The second kappa shape index (κ2) is 2.24. The largest absolute Gasteiger partial charge is 0.316 e. The highest BCUT2D eigenvalue weighted by Gasteiger charge is 2.68. The van der Waals surface area contributed by atoms with E-state index in [-0.39, 0.29) is 6.17 Å². The molecule has 1 heterocycles. The summed E-state index contributed by atoms with van der Waals surface area (Å²) in [6, 6.07) is 0. The van der Waals surface area contributed by atoms with Gasteiger partial charge in [-0.3, -0.25) is 5.32 Å².